The van der Waals surface area contributed by atoms with Crippen molar-refractivity contribution in [2.24, 2.45) is 11.8 Å². The number of rotatable bonds is 0. The van der Waals surface area contributed by atoms with Crippen LogP contribution < -0.4 is 0 Å². The van der Waals surface area contributed by atoms with Crippen LogP contribution in [-0.4, -0.2) is 29.0 Å². The zero-order valence-electron chi connectivity index (χ0n) is 9.27. The fourth-order valence-electron chi connectivity index (χ4n) is 3.70. The zero-order valence-corrected chi connectivity index (χ0v) is 9.27. The Labute approximate surface area is 91.4 Å². The smallest absolute Gasteiger partial charge is 0.133 e. The molecule has 3 rings (SSSR count). The number of hydrogen-bond acceptors (Lipinski definition) is 3. The predicted octanol–water partition coefficient (Wildman–Crippen LogP) is 1.91. The Morgan fingerprint density at radius 1 is 1.07 bits per heavy atom. The first-order chi connectivity index (χ1) is 7.36. The van der Waals surface area contributed by atoms with E-state index in [1.165, 1.54) is 38.5 Å². The van der Waals surface area contributed by atoms with Gasteiger partial charge in [0.2, 0.25) is 0 Å². The molecule has 3 aliphatic rings. The molecule has 0 aromatic heterocycles. The van der Waals surface area contributed by atoms with E-state index in [-0.39, 0.29) is 6.23 Å². The van der Waals surface area contributed by atoms with Crippen molar-refractivity contribution in [1.29, 1.82) is 0 Å². The Hall–Kier alpha value is -0.120. The first-order valence-electron chi connectivity index (χ1n) is 6.45. The monoisotopic (exact) mass is 211 g/mol. The molecule has 1 aliphatic carbocycles. The summed E-state index contributed by atoms with van der Waals surface area (Å²) in [5.41, 5.74) is 0. The quantitative estimate of drug-likeness (QED) is 0.664. The molecule has 2 heterocycles. The lowest BCUT2D eigenvalue weighted by Gasteiger charge is -2.50. The second-order valence-corrected chi connectivity index (χ2v) is 5.35. The molecule has 1 N–H and O–H groups in total. The number of piperidine rings is 1. The van der Waals surface area contributed by atoms with Crippen LogP contribution in [0.5, 0.6) is 0 Å². The minimum absolute atomic E-state index is 0.325. The van der Waals surface area contributed by atoms with Crippen molar-refractivity contribution in [3.05, 3.63) is 0 Å². The fraction of sp³-hybridized carbons (Fsp3) is 1.00. The number of hydroxylamine groups is 2. The third-order valence-corrected chi connectivity index (χ3v) is 4.47. The van der Waals surface area contributed by atoms with Crippen LogP contribution in [0.3, 0.4) is 0 Å². The predicted molar refractivity (Wildman–Crippen MR) is 56.9 cm³/mol. The average molecular weight is 211 g/mol. The van der Waals surface area contributed by atoms with E-state index in [4.69, 9.17) is 4.84 Å². The maximum absolute atomic E-state index is 10.3. The van der Waals surface area contributed by atoms with E-state index in [1.807, 2.05) is 5.06 Å². The summed E-state index contributed by atoms with van der Waals surface area (Å²) in [6.07, 6.45) is 8.46. The van der Waals surface area contributed by atoms with Crippen LogP contribution in [0.25, 0.3) is 0 Å². The number of aliphatic hydroxyl groups is 1. The van der Waals surface area contributed by atoms with E-state index in [9.17, 15) is 5.11 Å². The minimum atomic E-state index is -0.325. The average Bonchev–Trinajstić information content (AvgIpc) is 2.30. The van der Waals surface area contributed by atoms with Gasteiger partial charge in [-0.25, -0.2) is 0 Å². The molecule has 15 heavy (non-hydrogen) atoms. The minimum Gasteiger partial charge on any atom is -0.376 e. The van der Waals surface area contributed by atoms with Crippen molar-refractivity contribution >= 4 is 0 Å². The van der Waals surface area contributed by atoms with E-state index in [1.54, 1.807) is 0 Å². The Balaban J connectivity index is 1.76. The summed E-state index contributed by atoms with van der Waals surface area (Å²) in [5.74, 6) is 1.24. The highest BCUT2D eigenvalue weighted by Crippen LogP contribution is 2.43. The summed E-state index contributed by atoms with van der Waals surface area (Å²) in [6, 6.07) is 0.494. The summed E-state index contributed by atoms with van der Waals surface area (Å²) in [7, 11) is 0. The van der Waals surface area contributed by atoms with Crippen molar-refractivity contribution in [3.8, 4) is 0 Å². The first kappa shape index (κ1) is 10.1. The van der Waals surface area contributed by atoms with Crippen LogP contribution >= 0.6 is 0 Å². The van der Waals surface area contributed by atoms with Gasteiger partial charge in [-0.3, -0.25) is 4.84 Å². The lowest BCUT2D eigenvalue weighted by molar-refractivity contribution is -0.317. The van der Waals surface area contributed by atoms with Gasteiger partial charge >= 0.3 is 0 Å². The van der Waals surface area contributed by atoms with Crippen LogP contribution in [0.1, 0.15) is 44.9 Å². The lowest BCUT2D eigenvalue weighted by atomic mass is 9.72. The fourth-order valence-corrected chi connectivity index (χ4v) is 3.70. The number of nitrogens with zero attached hydrogens (tertiary/aromatic N) is 1. The largest absolute Gasteiger partial charge is 0.376 e. The molecule has 3 heteroatoms. The molecule has 3 nitrogen and oxygen atoms in total. The third kappa shape index (κ3) is 1.71. The van der Waals surface area contributed by atoms with Crippen LogP contribution in [0, 0.1) is 11.8 Å². The van der Waals surface area contributed by atoms with Gasteiger partial charge < -0.3 is 5.11 Å². The van der Waals surface area contributed by atoms with E-state index >= 15 is 0 Å². The molecule has 0 radical (unpaired) electrons. The van der Waals surface area contributed by atoms with Crippen LogP contribution in [0.2, 0.25) is 0 Å². The van der Waals surface area contributed by atoms with E-state index in [0.29, 0.717) is 12.0 Å². The standard InChI is InChI=1S/C12H21NO2/c14-12-11-6-2-1-4-9(11)8-10-5-3-7-15-13(10)12/h9-12,14H,1-8H2. The molecule has 86 valence electrons. The number of aliphatic hydroxyl groups excluding tert-OH is 1. The summed E-state index contributed by atoms with van der Waals surface area (Å²) in [5, 5.41) is 12.2. The van der Waals surface area contributed by atoms with Crippen molar-refractivity contribution in [2.45, 2.75) is 57.2 Å². The van der Waals surface area contributed by atoms with Gasteiger partial charge in [0.25, 0.3) is 0 Å². The molecule has 0 bridgehead atoms. The lowest BCUT2D eigenvalue weighted by Crippen LogP contribution is -2.56. The van der Waals surface area contributed by atoms with Crippen molar-refractivity contribution in [3.63, 3.8) is 0 Å². The summed E-state index contributed by atoms with van der Waals surface area (Å²) < 4.78 is 0. The molecule has 0 amide bonds. The van der Waals surface area contributed by atoms with Gasteiger partial charge in [-0.15, -0.1) is 0 Å². The van der Waals surface area contributed by atoms with Crippen LogP contribution in [0.4, 0.5) is 0 Å². The van der Waals surface area contributed by atoms with Gasteiger partial charge in [0, 0.05) is 12.0 Å². The molecular formula is C12H21NO2. The summed E-state index contributed by atoms with van der Waals surface area (Å²) in [4.78, 5) is 5.63. The number of hydrogen-bond donors (Lipinski definition) is 1. The molecule has 4 atom stereocenters. The van der Waals surface area contributed by atoms with E-state index in [2.05, 4.69) is 0 Å². The Bertz CT molecular complexity index is 212. The molecule has 4 unspecified atom stereocenters. The molecule has 2 aliphatic heterocycles. The topological polar surface area (TPSA) is 32.7 Å². The number of fused-ring (bicyclic) bond motifs is 2. The zero-order chi connectivity index (χ0) is 10.3. The third-order valence-electron chi connectivity index (χ3n) is 4.47. The van der Waals surface area contributed by atoms with E-state index < -0.39 is 0 Å². The second kappa shape index (κ2) is 4.04. The maximum Gasteiger partial charge on any atom is 0.133 e. The molecular weight excluding hydrogens is 190 g/mol. The van der Waals surface area contributed by atoms with Gasteiger partial charge in [0.1, 0.15) is 6.23 Å². The molecule has 3 fully saturated rings. The molecule has 1 saturated carbocycles. The molecule has 0 aromatic carbocycles. The highest BCUT2D eigenvalue weighted by atomic mass is 16.7. The van der Waals surface area contributed by atoms with Crippen molar-refractivity contribution in [1.82, 2.24) is 5.06 Å². The molecule has 2 saturated heterocycles. The molecule has 0 spiro atoms. The second-order valence-electron chi connectivity index (χ2n) is 5.35. The highest BCUT2D eigenvalue weighted by molar-refractivity contribution is 4.90. The van der Waals surface area contributed by atoms with Crippen molar-refractivity contribution < 1.29 is 9.94 Å². The van der Waals surface area contributed by atoms with Gasteiger partial charge in [-0.1, -0.05) is 12.8 Å². The van der Waals surface area contributed by atoms with Gasteiger partial charge in [0.05, 0.1) is 6.61 Å². The first-order valence-corrected chi connectivity index (χ1v) is 6.45. The Morgan fingerprint density at radius 2 is 1.93 bits per heavy atom. The maximum atomic E-state index is 10.3. The van der Waals surface area contributed by atoms with Crippen LogP contribution in [-0.2, 0) is 4.84 Å². The summed E-state index contributed by atoms with van der Waals surface area (Å²) >= 11 is 0. The summed E-state index contributed by atoms with van der Waals surface area (Å²) in [6.45, 7) is 0.797. The van der Waals surface area contributed by atoms with E-state index in [0.717, 1.165) is 18.9 Å². The van der Waals surface area contributed by atoms with Crippen molar-refractivity contribution in [2.75, 3.05) is 6.61 Å². The Kier molecular flexibility index (Phi) is 2.71. The van der Waals surface area contributed by atoms with Crippen LogP contribution in [0.15, 0.2) is 0 Å². The Morgan fingerprint density at radius 3 is 2.87 bits per heavy atom. The van der Waals surface area contributed by atoms with Gasteiger partial charge in [-0.05, 0) is 38.0 Å². The highest BCUT2D eigenvalue weighted by Gasteiger charge is 2.44. The molecule has 0 aromatic rings. The van der Waals surface area contributed by atoms with Gasteiger partial charge in [-0.2, -0.15) is 5.06 Å². The van der Waals surface area contributed by atoms with Gasteiger partial charge in [0.15, 0.2) is 0 Å². The SMILES string of the molecule is OC1C2CCCCC2CC2CCCON21. The normalized spacial score (nSPS) is 47.0.